The van der Waals surface area contributed by atoms with E-state index >= 15 is 0 Å². The Balaban J connectivity index is 1.69. The van der Waals surface area contributed by atoms with Crippen LogP contribution in [0.5, 0.6) is 0 Å². The number of rotatable bonds is 5. The fraction of sp³-hybridized carbons (Fsp3) is 0.200. The normalized spacial score (nSPS) is 11.7. The number of aromatic amines is 1. The lowest BCUT2D eigenvalue weighted by atomic mass is 10.2. The fourth-order valence-corrected chi connectivity index (χ4v) is 3.98. The topological polar surface area (TPSA) is 131 Å². The van der Waals surface area contributed by atoms with Crippen LogP contribution in [0.15, 0.2) is 41.4 Å². The molecule has 0 bridgehead atoms. The van der Waals surface area contributed by atoms with Gasteiger partial charge < -0.3 is 15.4 Å². The number of aromatic nitrogens is 5. The molecule has 0 amide bonds. The van der Waals surface area contributed by atoms with Gasteiger partial charge in [0.25, 0.3) is 0 Å². The molecule has 32 heavy (non-hydrogen) atoms. The van der Waals surface area contributed by atoms with Crippen LogP contribution in [-0.4, -0.2) is 41.9 Å². The van der Waals surface area contributed by atoms with E-state index in [0.717, 1.165) is 11.8 Å². The molecular weight excluding hydrogens is 437 g/mol. The minimum absolute atomic E-state index is 0.0597. The van der Waals surface area contributed by atoms with Crippen LogP contribution in [-0.2, 0) is 9.84 Å². The summed E-state index contributed by atoms with van der Waals surface area (Å²) in [5.74, 6) is 0.309. The number of nitrogens with one attached hydrogen (secondary N) is 2. The van der Waals surface area contributed by atoms with E-state index in [1.165, 1.54) is 25.3 Å². The van der Waals surface area contributed by atoms with E-state index in [9.17, 15) is 18.0 Å². The van der Waals surface area contributed by atoms with Crippen LogP contribution in [0, 0.1) is 24.9 Å². The highest BCUT2D eigenvalue weighted by molar-refractivity contribution is 7.90. The van der Waals surface area contributed by atoms with Gasteiger partial charge in [-0.05, 0) is 42.8 Å². The summed E-state index contributed by atoms with van der Waals surface area (Å²) in [6.45, 7) is 3.17. The van der Waals surface area contributed by atoms with Crippen LogP contribution >= 0.6 is 0 Å². The molecule has 166 valence electrons. The molecule has 12 heteroatoms. The van der Waals surface area contributed by atoms with Crippen LogP contribution in [0.4, 0.5) is 27.7 Å². The Morgan fingerprint density at radius 2 is 1.97 bits per heavy atom. The Labute approximate surface area is 183 Å². The number of anilines is 4. The number of nitrogens with zero attached hydrogens (tertiary/aromatic N) is 5. The highest BCUT2D eigenvalue weighted by Gasteiger charge is 2.22. The number of aryl methyl sites for hydroxylation is 1. The second-order valence-electron chi connectivity index (χ2n) is 7.41. The number of halogens is 1. The van der Waals surface area contributed by atoms with Crippen LogP contribution < -0.4 is 14.9 Å². The summed E-state index contributed by atoms with van der Waals surface area (Å²) < 4.78 is 38.4. The third-order valence-corrected chi connectivity index (χ3v) is 6.02. The highest BCUT2D eigenvalue weighted by Crippen LogP contribution is 2.28. The van der Waals surface area contributed by atoms with E-state index in [0.29, 0.717) is 27.4 Å². The molecule has 3 heterocycles. The molecule has 0 aliphatic rings. The van der Waals surface area contributed by atoms with E-state index < -0.39 is 15.7 Å². The average molecular weight is 457 g/mol. The maximum atomic E-state index is 14.1. The van der Waals surface area contributed by atoms with E-state index in [4.69, 9.17) is 0 Å². The van der Waals surface area contributed by atoms with Gasteiger partial charge in [0, 0.05) is 32.1 Å². The Morgan fingerprint density at radius 3 is 2.69 bits per heavy atom. The average Bonchev–Trinajstić information content (AvgIpc) is 3.14. The lowest BCUT2D eigenvalue weighted by Gasteiger charge is -2.16. The van der Waals surface area contributed by atoms with Crippen molar-refractivity contribution in [3.63, 3.8) is 0 Å². The summed E-state index contributed by atoms with van der Waals surface area (Å²) >= 11 is 0. The van der Waals surface area contributed by atoms with Gasteiger partial charge in [0.1, 0.15) is 16.9 Å². The van der Waals surface area contributed by atoms with Gasteiger partial charge in [-0.25, -0.2) is 22.5 Å². The molecular formula is C20H20FN7O3S. The Hall–Kier alpha value is -3.80. The first-order valence-electron chi connectivity index (χ1n) is 9.47. The van der Waals surface area contributed by atoms with E-state index in [2.05, 4.69) is 25.5 Å². The maximum absolute atomic E-state index is 14.1. The predicted octanol–water partition coefficient (Wildman–Crippen LogP) is 2.66. The molecule has 4 aromatic rings. The summed E-state index contributed by atoms with van der Waals surface area (Å²) in [7, 11) is -1.71. The lowest BCUT2D eigenvalue weighted by molar-refractivity contribution is -0.588. The third-order valence-electron chi connectivity index (χ3n) is 4.93. The standard InChI is InChI=1S/C20H20FN7O3S/c1-11-7-13(9-14(8-11)32(4,30)31)23-20-22-6-5-17(24-20)27(3)18-15-10-16(21)12(2)28(29)19(15)26-25-18/h5-10H,1-4H3,(H,25,26)(H,22,23,24). The number of fused-ring (bicyclic) bond motifs is 1. The molecule has 1 aromatic carbocycles. The summed E-state index contributed by atoms with van der Waals surface area (Å²) in [6.07, 6.45) is 2.66. The number of hydrogen-bond donors (Lipinski definition) is 2. The Bertz CT molecular complexity index is 1450. The number of benzene rings is 1. The zero-order valence-corrected chi connectivity index (χ0v) is 18.5. The smallest absolute Gasteiger partial charge is 0.314 e. The van der Waals surface area contributed by atoms with E-state index in [1.54, 1.807) is 37.1 Å². The first-order valence-corrected chi connectivity index (χ1v) is 11.4. The molecule has 0 spiro atoms. The molecule has 0 atom stereocenters. The SMILES string of the molecule is Cc1cc(Nc2nccc(N(C)c3n[nH]c4c3cc(F)c(C)[n+]4[O-])n2)cc(S(C)(=O)=O)c1. The van der Waals surface area contributed by atoms with Crippen molar-refractivity contribution in [2.75, 3.05) is 23.5 Å². The van der Waals surface area contributed by atoms with Crippen molar-refractivity contribution in [3.05, 3.63) is 58.8 Å². The van der Waals surface area contributed by atoms with E-state index in [-0.39, 0.29) is 22.2 Å². The van der Waals surface area contributed by atoms with E-state index in [1.807, 2.05) is 0 Å². The minimum Gasteiger partial charge on any atom is -0.710 e. The van der Waals surface area contributed by atoms with Gasteiger partial charge in [-0.1, -0.05) is 5.10 Å². The van der Waals surface area contributed by atoms with Crippen molar-refractivity contribution >= 4 is 44.1 Å². The predicted molar refractivity (Wildman–Crippen MR) is 117 cm³/mol. The summed E-state index contributed by atoms with van der Waals surface area (Å²) in [6, 6.07) is 7.72. The van der Waals surface area contributed by atoms with Gasteiger partial charge in [0.05, 0.1) is 4.90 Å². The second kappa shape index (κ2) is 7.71. The number of hydrogen-bond acceptors (Lipinski definition) is 8. The van der Waals surface area contributed by atoms with Crippen molar-refractivity contribution in [3.8, 4) is 0 Å². The number of pyridine rings is 1. The largest absolute Gasteiger partial charge is 0.710 e. The Kier molecular flexibility index (Phi) is 5.17. The van der Waals surface area contributed by atoms with Crippen molar-refractivity contribution in [1.29, 1.82) is 0 Å². The summed E-state index contributed by atoms with van der Waals surface area (Å²) in [4.78, 5) is 10.4. The van der Waals surface area contributed by atoms with Crippen molar-refractivity contribution in [2.24, 2.45) is 0 Å². The molecule has 0 saturated carbocycles. The van der Waals surface area contributed by atoms with Crippen LogP contribution in [0.1, 0.15) is 11.3 Å². The van der Waals surface area contributed by atoms with Gasteiger partial charge in [-0.15, -0.1) is 5.10 Å². The third kappa shape index (κ3) is 3.91. The van der Waals surface area contributed by atoms with Crippen LogP contribution in [0.2, 0.25) is 0 Å². The number of H-pyrrole nitrogens is 1. The minimum atomic E-state index is -3.38. The second-order valence-corrected chi connectivity index (χ2v) is 9.43. The monoisotopic (exact) mass is 457 g/mol. The lowest BCUT2D eigenvalue weighted by Crippen LogP contribution is -2.32. The van der Waals surface area contributed by atoms with Crippen LogP contribution in [0.25, 0.3) is 11.0 Å². The molecule has 0 aliphatic heterocycles. The summed E-state index contributed by atoms with van der Waals surface area (Å²) in [5, 5.41) is 22.3. The molecule has 10 nitrogen and oxygen atoms in total. The van der Waals surface area contributed by atoms with Gasteiger partial charge >= 0.3 is 5.65 Å². The maximum Gasteiger partial charge on any atom is 0.314 e. The molecule has 0 saturated heterocycles. The summed E-state index contributed by atoms with van der Waals surface area (Å²) in [5.41, 5.74) is 1.34. The molecule has 0 aliphatic carbocycles. The van der Waals surface area contributed by atoms with Gasteiger partial charge in [0.2, 0.25) is 5.95 Å². The zero-order valence-electron chi connectivity index (χ0n) is 17.7. The Morgan fingerprint density at radius 1 is 1.22 bits per heavy atom. The first kappa shape index (κ1) is 21.4. The van der Waals surface area contributed by atoms with Gasteiger partial charge in [-0.3, -0.25) is 0 Å². The first-order chi connectivity index (χ1) is 15.0. The molecule has 0 unspecified atom stereocenters. The molecule has 2 N–H and O–H groups in total. The van der Waals surface area contributed by atoms with Gasteiger partial charge in [0.15, 0.2) is 21.5 Å². The fourth-order valence-electron chi connectivity index (χ4n) is 3.24. The molecule has 0 radical (unpaired) electrons. The molecule has 4 rings (SSSR count). The van der Waals surface area contributed by atoms with Crippen molar-refractivity contribution in [1.82, 2.24) is 20.2 Å². The highest BCUT2D eigenvalue weighted by atomic mass is 32.2. The quantitative estimate of drug-likeness (QED) is 0.345. The van der Waals surface area contributed by atoms with Crippen molar-refractivity contribution < 1.29 is 17.5 Å². The van der Waals surface area contributed by atoms with Crippen molar-refractivity contribution in [2.45, 2.75) is 18.7 Å². The van der Waals surface area contributed by atoms with Crippen LogP contribution in [0.3, 0.4) is 0 Å². The number of sulfone groups is 1. The molecule has 3 aromatic heterocycles. The van der Waals surface area contributed by atoms with Gasteiger partial charge in [-0.2, -0.15) is 4.98 Å². The molecule has 0 fully saturated rings. The zero-order chi connectivity index (χ0) is 23.2.